The predicted octanol–water partition coefficient (Wildman–Crippen LogP) is 9.71. The number of carbonyl (C=O) groups excluding carboxylic acids is 2. The lowest BCUT2D eigenvalue weighted by atomic mass is 9.30. The number of esters is 2. The first-order valence-corrected chi connectivity index (χ1v) is 17.6. The van der Waals surface area contributed by atoms with Crippen molar-refractivity contribution in [2.75, 3.05) is 0 Å². The third kappa shape index (κ3) is 4.13. The zero-order valence-electron chi connectivity index (χ0n) is 28.9. The average molecular weight is 603 g/mol. The first-order valence-electron chi connectivity index (χ1n) is 17.6. The molecule has 5 fully saturated rings. The summed E-state index contributed by atoms with van der Waals surface area (Å²) in [6.45, 7) is 23.7. The molecule has 0 aromatic heterocycles. The molecule has 44 heavy (non-hydrogen) atoms. The second-order valence-corrected chi connectivity index (χ2v) is 17.4. The molecule has 1 aromatic carbocycles. The van der Waals surface area contributed by atoms with E-state index >= 15 is 0 Å². The number of carbonyl (C=O) groups is 2. The van der Waals surface area contributed by atoms with Gasteiger partial charge in [-0.15, -0.1) is 0 Å². The van der Waals surface area contributed by atoms with E-state index in [-0.39, 0.29) is 45.1 Å². The number of benzene rings is 1. The van der Waals surface area contributed by atoms with Crippen molar-refractivity contribution in [2.45, 2.75) is 132 Å². The fourth-order valence-electron chi connectivity index (χ4n) is 13.5. The zero-order chi connectivity index (χ0) is 31.9. The van der Waals surface area contributed by atoms with Crippen LogP contribution in [0.4, 0.5) is 0 Å². The maximum absolute atomic E-state index is 14.4. The molecular formula is C40H58O4. The van der Waals surface area contributed by atoms with Crippen molar-refractivity contribution in [1.82, 2.24) is 0 Å². The van der Waals surface area contributed by atoms with Crippen molar-refractivity contribution in [3.63, 3.8) is 0 Å². The number of rotatable bonds is 5. The van der Waals surface area contributed by atoms with Gasteiger partial charge >= 0.3 is 11.9 Å². The Morgan fingerprint density at radius 2 is 1.43 bits per heavy atom. The first-order chi connectivity index (χ1) is 20.6. The van der Waals surface area contributed by atoms with Crippen LogP contribution >= 0.6 is 0 Å². The summed E-state index contributed by atoms with van der Waals surface area (Å²) in [5.74, 6) is 1.82. The van der Waals surface area contributed by atoms with Gasteiger partial charge in [0.15, 0.2) is 0 Å². The molecule has 10 atom stereocenters. The van der Waals surface area contributed by atoms with Crippen LogP contribution in [0.15, 0.2) is 42.5 Å². The maximum Gasteiger partial charge on any atom is 0.312 e. The van der Waals surface area contributed by atoms with Crippen molar-refractivity contribution in [3.8, 4) is 0 Å². The monoisotopic (exact) mass is 602 g/mol. The van der Waals surface area contributed by atoms with E-state index in [9.17, 15) is 9.59 Å². The molecule has 1 aromatic rings. The number of ether oxygens (including phenoxy) is 2. The topological polar surface area (TPSA) is 52.6 Å². The Morgan fingerprint density at radius 1 is 0.773 bits per heavy atom. The molecule has 4 nitrogen and oxygen atoms in total. The lowest BCUT2D eigenvalue weighted by Gasteiger charge is -2.74. The second kappa shape index (κ2) is 10.5. The van der Waals surface area contributed by atoms with E-state index < -0.39 is 5.41 Å². The third-order valence-electron chi connectivity index (χ3n) is 15.7. The minimum Gasteiger partial charge on any atom is -0.462 e. The lowest BCUT2D eigenvalue weighted by molar-refractivity contribution is -0.266. The van der Waals surface area contributed by atoms with Crippen LogP contribution in [-0.4, -0.2) is 18.0 Å². The van der Waals surface area contributed by atoms with Gasteiger partial charge < -0.3 is 9.47 Å². The van der Waals surface area contributed by atoms with Crippen LogP contribution in [0, 0.1) is 56.2 Å². The summed E-state index contributed by atoms with van der Waals surface area (Å²) in [6, 6.07) is 10.1. The van der Waals surface area contributed by atoms with Crippen molar-refractivity contribution in [3.05, 3.63) is 48.0 Å². The van der Waals surface area contributed by atoms with Gasteiger partial charge in [-0.25, -0.2) is 0 Å². The number of allylic oxidation sites excluding steroid dienone is 1. The van der Waals surface area contributed by atoms with Crippen LogP contribution in [-0.2, 0) is 25.7 Å². The Kier molecular flexibility index (Phi) is 7.57. The molecule has 0 N–H and O–H groups in total. The van der Waals surface area contributed by atoms with Gasteiger partial charge in [-0.1, -0.05) is 84.0 Å². The Morgan fingerprint density at radius 3 is 2.09 bits per heavy atom. The summed E-state index contributed by atoms with van der Waals surface area (Å²) < 4.78 is 12.2. The summed E-state index contributed by atoms with van der Waals surface area (Å²) in [5.41, 5.74) is 2.18. The number of hydrogen-bond acceptors (Lipinski definition) is 4. The van der Waals surface area contributed by atoms with Gasteiger partial charge in [-0.2, -0.15) is 0 Å². The van der Waals surface area contributed by atoms with Crippen LogP contribution in [0.2, 0.25) is 0 Å². The Hall–Kier alpha value is -2.10. The molecule has 0 saturated heterocycles. The van der Waals surface area contributed by atoms with Gasteiger partial charge in [-0.3, -0.25) is 9.59 Å². The van der Waals surface area contributed by atoms with E-state index in [4.69, 9.17) is 9.47 Å². The van der Waals surface area contributed by atoms with Crippen molar-refractivity contribution >= 4 is 11.9 Å². The smallest absolute Gasteiger partial charge is 0.312 e. The molecule has 2 unspecified atom stereocenters. The van der Waals surface area contributed by atoms with Crippen LogP contribution < -0.4 is 0 Å². The standard InChI is InChI=1S/C40H58O4/c1-26(2)29-17-22-40(34(42)43-25-28-13-11-10-12-14-28)24-23-38(8)32(39(29,40)9)16-15-31-36(6)20-19-33(44-27(3)41)35(4,5)30(36)18-21-37(31,38)7/h10-14,29-33H,1,15-25H2,2-9H3/t29-,30?,31?,32-,33-,36-,37+,38+,39+,40+/m0/s1. The van der Waals surface area contributed by atoms with E-state index in [1.54, 1.807) is 6.92 Å². The highest BCUT2D eigenvalue weighted by atomic mass is 16.5. The summed E-state index contributed by atoms with van der Waals surface area (Å²) >= 11 is 0. The quantitative estimate of drug-likeness (QED) is 0.249. The summed E-state index contributed by atoms with van der Waals surface area (Å²) in [6.07, 6.45) is 10.8. The Bertz CT molecular complexity index is 1320. The van der Waals surface area contributed by atoms with Crippen molar-refractivity contribution in [2.24, 2.45) is 56.2 Å². The van der Waals surface area contributed by atoms with E-state index in [1.165, 1.54) is 31.3 Å². The van der Waals surface area contributed by atoms with E-state index in [1.807, 2.05) is 30.3 Å². The fraction of sp³-hybridized carbons (Fsp3) is 0.750. The molecule has 4 heteroatoms. The normalized spacial score (nSPS) is 45.6. The van der Waals surface area contributed by atoms with Crippen LogP contribution in [0.3, 0.4) is 0 Å². The number of fused-ring (bicyclic) bond motifs is 7. The third-order valence-corrected chi connectivity index (χ3v) is 15.7. The van der Waals surface area contributed by atoms with E-state index in [0.717, 1.165) is 44.1 Å². The summed E-state index contributed by atoms with van der Waals surface area (Å²) in [5, 5.41) is 0. The molecule has 5 aliphatic carbocycles. The van der Waals surface area contributed by atoms with Crippen LogP contribution in [0.5, 0.6) is 0 Å². The van der Waals surface area contributed by atoms with Crippen LogP contribution in [0.1, 0.15) is 125 Å². The van der Waals surface area contributed by atoms with Gasteiger partial charge in [0, 0.05) is 12.3 Å². The average Bonchev–Trinajstić information content (AvgIpc) is 3.28. The minimum atomic E-state index is -0.454. The molecule has 5 saturated carbocycles. The van der Waals surface area contributed by atoms with Gasteiger partial charge in [0.05, 0.1) is 5.41 Å². The minimum absolute atomic E-state index is 0.000256. The highest BCUT2D eigenvalue weighted by molar-refractivity contribution is 5.79. The Balaban J connectivity index is 1.35. The molecule has 0 spiro atoms. The molecule has 5 aliphatic rings. The zero-order valence-corrected chi connectivity index (χ0v) is 28.9. The Labute approximate surface area is 267 Å². The molecule has 0 aliphatic heterocycles. The molecule has 0 amide bonds. The van der Waals surface area contributed by atoms with Gasteiger partial charge in [0.2, 0.25) is 0 Å². The highest BCUT2D eigenvalue weighted by Gasteiger charge is 2.76. The molecule has 0 radical (unpaired) electrons. The highest BCUT2D eigenvalue weighted by Crippen LogP contribution is 2.80. The number of hydrogen-bond donors (Lipinski definition) is 0. The van der Waals surface area contributed by atoms with Crippen molar-refractivity contribution < 1.29 is 19.1 Å². The molecule has 0 bridgehead atoms. The molecule has 6 rings (SSSR count). The second-order valence-electron chi connectivity index (χ2n) is 17.4. The summed E-state index contributed by atoms with van der Waals surface area (Å²) in [7, 11) is 0. The lowest BCUT2D eigenvalue weighted by Crippen LogP contribution is -2.69. The van der Waals surface area contributed by atoms with Gasteiger partial charge in [0.25, 0.3) is 0 Å². The van der Waals surface area contributed by atoms with Crippen molar-refractivity contribution in [1.29, 1.82) is 0 Å². The van der Waals surface area contributed by atoms with Crippen LogP contribution in [0.25, 0.3) is 0 Å². The summed E-state index contributed by atoms with van der Waals surface area (Å²) in [4.78, 5) is 26.5. The maximum atomic E-state index is 14.4. The van der Waals surface area contributed by atoms with Gasteiger partial charge in [0.1, 0.15) is 12.7 Å². The predicted molar refractivity (Wildman–Crippen MR) is 175 cm³/mol. The van der Waals surface area contributed by atoms with E-state index in [0.29, 0.717) is 30.3 Å². The molecule has 0 heterocycles. The molecule has 242 valence electrons. The SMILES string of the molecule is C=C(C)[C@@H]1CC[C@]2(C(=O)OCc3ccccc3)CC[C@]3(C)[C@H](CCC4[C@@]5(C)CC[C@H](OC(C)=O)C(C)(C)C5CC[C@]43C)[C@@]12C. The van der Waals surface area contributed by atoms with E-state index in [2.05, 4.69) is 55.0 Å². The first kappa shape index (κ1) is 31.9. The molecular weight excluding hydrogens is 544 g/mol. The fourth-order valence-corrected chi connectivity index (χ4v) is 13.5. The largest absolute Gasteiger partial charge is 0.462 e. The van der Waals surface area contributed by atoms with Gasteiger partial charge in [-0.05, 0) is 122 Å².